The van der Waals surface area contributed by atoms with Crippen molar-refractivity contribution in [3.63, 3.8) is 0 Å². The number of urea groups is 1. The summed E-state index contributed by atoms with van der Waals surface area (Å²) >= 11 is 0. The van der Waals surface area contributed by atoms with Gasteiger partial charge in [0, 0.05) is 17.8 Å². The van der Waals surface area contributed by atoms with Crippen LogP contribution in [-0.2, 0) is 4.79 Å². The molecule has 3 amide bonds. The van der Waals surface area contributed by atoms with Crippen LogP contribution in [0.15, 0.2) is 24.3 Å². The molecule has 0 bridgehead atoms. The molecule has 1 rings (SSSR count). The molecule has 1 aromatic rings. The quantitative estimate of drug-likeness (QED) is 0.633. The Bertz CT molecular complexity index is 511. The molecule has 0 heterocycles. The van der Waals surface area contributed by atoms with Crippen molar-refractivity contribution in [2.75, 3.05) is 18.4 Å². The van der Waals surface area contributed by atoms with E-state index in [1.807, 2.05) is 13.8 Å². The van der Waals surface area contributed by atoms with E-state index in [-0.39, 0.29) is 6.03 Å². The zero-order valence-corrected chi connectivity index (χ0v) is 12.0. The molecule has 0 saturated carbocycles. The summed E-state index contributed by atoms with van der Waals surface area (Å²) in [4.78, 5) is 33.5. The van der Waals surface area contributed by atoms with Crippen LogP contribution < -0.4 is 16.0 Å². The lowest BCUT2D eigenvalue weighted by atomic mass is 10.2. The Morgan fingerprint density at radius 2 is 1.71 bits per heavy atom. The maximum atomic E-state index is 11.6. The molecule has 21 heavy (non-hydrogen) atoms. The summed E-state index contributed by atoms with van der Waals surface area (Å²) in [6, 6.07) is 5.85. The Morgan fingerprint density at radius 3 is 2.24 bits per heavy atom. The highest BCUT2D eigenvalue weighted by molar-refractivity contribution is 5.96. The van der Waals surface area contributed by atoms with Crippen LogP contribution in [0.25, 0.3) is 0 Å². The molecule has 0 aliphatic rings. The number of hydrogen-bond acceptors (Lipinski definition) is 3. The highest BCUT2D eigenvalue weighted by Gasteiger charge is 2.08. The fourth-order valence-corrected chi connectivity index (χ4v) is 1.43. The molecule has 7 heteroatoms. The van der Waals surface area contributed by atoms with E-state index in [1.54, 1.807) is 12.1 Å². The van der Waals surface area contributed by atoms with Crippen molar-refractivity contribution in [3.8, 4) is 0 Å². The predicted octanol–water partition coefficient (Wildman–Crippen LogP) is 1.28. The summed E-state index contributed by atoms with van der Waals surface area (Å²) < 4.78 is 0. The fourth-order valence-electron chi connectivity index (χ4n) is 1.43. The van der Waals surface area contributed by atoms with Crippen molar-refractivity contribution in [2.45, 2.75) is 13.8 Å². The van der Waals surface area contributed by atoms with Crippen LogP contribution in [0.2, 0.25) is 0 Å². The highest BCUT2D eigenvalue weighted by Crippen LogP contribution is 2.09. The topological polar surface area (TPSA) is 108 Å². The lowest BCUT2D eigenvalue weighted by Gasteiger charge is -2.09. The van der Waals surface area contributed by atoms with Crippen LogP contribution in [0.1, 0.15) is 24.2 Å². The smallest absolute Gasteiger partial charge is 0.322 e. The van der Waals surface area contributed by atoms with E-state index >= 15 is 0 Å². The molecule has 1 aromatic carbocycles. The first-order valence-electron chi connectivity index (χ1n) is 6.53. The van der Waals surface area contributed by atoms with Crippen LogP contribution in [-0.4, -0.2) is 36.1 Å². The molecule has 0 unspecified atom stereocenters. The monoisotopic (exact) mass is 293 g/mol. The lowest BCUT2D eigenvalue weighted by Crippen LogP contribution is -2.31. The van der Waals surface area contributed by atoms with E-state index in [0.29, 0.717) is 23.7 Å². The Hall–Kier alpha value is -2.57. The zero-order valence-electron chi connectivity index (χ0n) is 12.0. The Kier molecular flexibility index (Phi) is 6.19. The van der Waals surface area contributed by atoms with E-state index in [9.17, 15) is 14.4 Å². The van der Waals surface area contributed by atoms with Crippen molar-refractivity contribution in [1.82, 2.24) is 10.6 Å². The average Bonchev–Trinajstić information content (AvgIpc) is 2.43. The standard InChI is InChI=1S/C14H19N3O4/c1-9(2)7-16-14(21)17-11-5-3-10(4-6-11)13(20)15-8-12(18)19/h3-6,9H,7-8H2,1-2H3,(H,15,20)(H,18,19)(H2,16,17,21). The van der Waals surface area contributed by atoms with Crippen molar-refractivity contribution in [2.24, 2.45) is 5.92 Å². The molecule has 0 aromatic heterocycles. The van der Waals surface area contributed by atoms with Crippen LogP contribution in [0, 0.1) is 5.92 Å². The van der Waals surface area contributed by atoms with Gasteiger partial charge in [-0.05, 0) is 30.2 Å². The predicted molar refractivity (Wildman–Crippen MR) is 78.3 cm³/mol. The summed E-state index contributed by atoms with van der Waals surface area (Å²) in [5.41, 5.74) is 0.871. The summed E-state index contributed by atoms with van der Waals surface area (Å²) in [5, 5.41) is 16.1. The number of amides is 3. The number of anilines is 1. The number of benzene rings is 1. The second-order valence-electron chi connectivity index (χ2n) is 4.88. The van der Waals surface area contributed by atoms with Gasteiger partial charge in [0.1, 0.15) is 6.54 Å². The molecule has 0 aliphatic heterocycles. The largest absolute Gasteiger partial charge is 0.480 e. The van der Waals surface area contributed by atoms with Crippen LogP contribution in [0.5, 0.6) is 0 Å². The number of aliphatic carboxylic acids is 1. The second kappa shape index (κ2) is 7.88. The molecule has 0 radical (unpaired) electrons. The molecule has 7 nitrogen and oxygen atoms in total. The molecule has 114 valence electrons. The summed E-state index contributed by atoms with van der Waals surface area (Å²) in [6.45, 7) is 4.12. The minimum Gasteiger partial charge on any atom is -0.480 e. The van der Waals surface area contributed by atoms with Crippen LogP contribution in [0.4, 0.5) is 10.5 Å². The Balaban J connectivity index is 2.51. The molecule has 0 saturated heterocycles. The van der Waals surface area contributed by atoms with Gasteiger partial charge in [-0.1, -0.05) is 13.8 Å². The molecular weight excluding hydrogens is 274 g/mol. The molecular formula is C14H19N3O4. The van der Waals surface area contributed by atoms with Crippen LogP contribution >= 0.6 is 0 Å². The number of carboxylic acid groups (broad SMARTS) is 1. The van der Waals surface area contributed by atoms with Gasteiger partial charge >= 0.3 is 12.0 Å². The van der Waals surface area contributed by atoms with Gasteiger partial charge in [-0.3, -0.25) is 9.59 Å². The van der Waals surface area contributed by atoms with Crippen molar-refractivity contribution < 1.29 is 19.5 Å². The second-order valence-corrected chi connectivity index (χ2v) is 4.88. The third-order valence-electron chi connectivity index (χ3n) is 2.48. The first-order chi connectivity index (χ1) is 9.88. The van der Waals surface area contributed by atoms with Crippen molar-refractivity contribution in [1.29, 1.82) is 0 Å². The molecule has 0 spiro atoms. The first kappa shape index (κ1) is 16.5. The highest BCUT2D eigenvalue weighted by atomic mass is 16.4. The number of carbonyl (C=O) groups excluding carboxylic acids is 2. The number of nitrogens with one attached hydrogen (secondary N) is 3. The van der Waals surface area contributed by atoms with Gasteiger partial charge in [0.25, 0.3) is 5.91 Å². The number of carbonyl (C=O) groups is 3. The minimum absolute atomic E-state index is 0.313. The third kappa shape index (κ3) is 6.42. The minimum atomic E-state index is -1.11. The SMILES string of the molecule is CC(C)CNC(=O)Nc1ccc(C(=O)NCC(=O)O)cc1. The van der Waals surface area contributed by atoms with Crippen molar-refractivity contribution in [3.05, 3.63) is 29.8 Å². The van der Waals surface area contributed by atoms with Crippen LogP contribution in [0.3, 0.4) is 0 Å². The van der Waals surface area contributed by atoms with Gasteiger partial charge in [0.2, 0.25) is 0 Å². The summed E-state index contributed by atoms with van der Waals surface area (Å²) in [5.74, 6) is -1.23. The maximum Gasteiger partial charge on any atom is 0.322 e. The number of hydrogen-bond donors (Lipinski definition) is 4. The third-order valence-corrected chi connectivity index (χ3v) is 2.48. The van der Waals surface area contributed by atoms with Gasteiger partial charge in [0.05, 0.1) is 0 Å². The van der Waals surface area contributed by atoms with Gasteiger partial charge < -0.3 is 21.1 Å². The molecule has 0 fully saturated rings. The molecule has 0 aliphatic carbocycles. The molecule has 0 atom stereocenters. The average molecular weight is 293 g/mol. The summed E-state index contributed by atoms with van der Waals surface area (Å²) in [6.07, 6.45) is 0. The molecule has 4 N–H and O–H groups in total. The van der Waals surface area contributed by atoms with Gasteiger partial charge in [-0.25, -0.2) is 4.79 Å². The Morgan fingerprint density at radius 1 is 1.10 bits per heavy atom. The lowest BCUT2D eigenvalue weighted by molar-refractivity contribution is -0.135. The van der Waals surface area contributed by atoms with E-state index in [2.05, 4.69) is 16.0 Å². The Labute approximate surface area is 122 Å². The van der Waals surface area contributed by atoms with E-state index < -0.39 is 18.4 Å². The number of rotatable bonds is 6. The maximum absolute atomic E-state index is 11.6. The van der Waals surface area contributed by atoms with Gasteiger partial charge in [-0.2, -0.15) is 0 Å². The normalized spacial score (nSPS) is 10.0. The van der Waals surface area contributed by atoms with Crippen molar-refractivity contribution >= 4 is 23.6 Å². The summed E-state index contributed by atoms with van der Waals surface area (Å²) in [7, 11) is 0. The number of carboxylic acids is 1. The van der Waals surface area contributed by atoms with E-state index in [1.165, 1.54) is 12.1 Å². The fraction of sp³-hybridized carbons (Fsp3) is 0.357. The first-order valence-corrected chi connectivity index (χ1v) is 6.53. The van der Waals surface area contributed by atoms with Gasteiger partial charge in [0.15, 0.2) is 0 Å². The van der Waals surface area contributed by atoms with E-state index in [0.717, 1.165) is 0 Å². The van der Waals surface area contributed by atoms with Gasteiger partial charge in [-0.15, -0.1) is 0 Å². The van der Waals surface area contributed by atoms with E-state index in [4.69, 9.17) is 5.11 Å². The zero-order chi connectivity index (χ0) is 15.8.